The van der Waals surface area contributed by atoms with Gasteiger partial charge >= 0.3 is 0 Å². The maximum atomic E-state index is 6.16. The standard InChI is InChI=1S/C15H16BrN5/c1-20(8-10-6-19-21(2)9-10)15-12-5-11(16)3-4-14(12)18-7-13(15)17/h3-7,9H,8,17H2,1-2H3. The molecule has 0 radical (unpaired) electrons. The molecule has 3 aromatic rings. The normalized spacial score (nSPS) is 11.0. The topological polar surface area (TPSA) is 60.0 Å². The fourth-order valence-electron chi connectivity index (χ4n) is 2.50. The van der Waals surface area contributed by atoms with E-state index in [0.717, 1.165) is 33.2 Å². The molecular weight excluding hydrogens is 330 g/mol. The average molecular weight is 346 g/mol. The van der Waals surface area contributed by atoms with E-state index < -0.39 is 0 Å². The number of aryl methyl sites for hydroxylation is 1. The fraction of sp³-hybridized carbons (Fsp3) is 0.200. The lowest BCUT2D eigenvalue weighted by Gasteiger charge is -2.22. The van der Waals surface area contributed by atoms with E-state index in [9.17, 15) is 0 Å². The van der Waals surface area contributed by atoms with Crippen LogP contribution in [0.2, 0.25) is 0 Å². The van der Waals surface area contributed by atoms with Gasteiger partial charge in [-0.15, -0.1) is 0 Å². The van der Waals surface area contributed by atoms with Crippen molar-refractivity contribution < 1.29 is 0 Å². The Kier molecular flexibility index (Phi) is 3.55. The summed E-state index contributed by atoms with van der Waals surface area (Å²) < 4.78 is 2.81. The summed E-state index contributed by atoms with van der Waals surface area (Å²) in [7, 11) is 3.94. The molecule has 0 spiro atoms. The number of benzene rings is 1. The first kappa shape index (κ1) is 13.9. The van der Waals surface area contributed by atoms with Crippen molar-refractivity contribution in [2.45, 2.75) is 6.54 Å². The van der Waals surface area contributed by atoms with Gasteiger partial charge in [0.2, 0.25) is 0 Å². The Labute approximate surface area is 131 Å². The van der Waals surface area contributed by atoms with Gasteiger partial charge in [0, 0.05) is 42.3 Å². The van der Waals surface area contributed by atoms with Crippen LogP contribution >= 0.6 is 15.9 Å². The van der Waals surface area contributed by atoms with E-state index in [1.165, 1.54) is 0 Å². The van der Waals surface area contributed by atoms with Crippen molar-refractivity contribution >= 4 is 38.2 Å². The average Bonchev–Trinajstić information content (AvgIpc) is 2.83. The van der Waals surface area contributed by atoms with Gasteiger partial charge in [-0.1, -0.05) is 15.9 Å². The molecule has 2 N–H and O–H groups in total. The van der Waals surface area contributed by atoms with Crippen LogP contribution in [0.15, 0.2) is 41.3 Å². The molecular formula is C15H16BrN5. The quantitative estimate of drug-likeness (QED) is 0.792. The van der Waals surface area contributed by atoms with Crippen LogP contribution in [0.1, 0.15) is 5.56 Å². The van der Waals surface area contributed by atoms with E-state index in [2.05, 4.69) is 30.9 Å². The van der Waals surface area contributed by atoms with Crippen LogP contribution in [-0.2, 0) is 13.6 Å². The highest BCUT2D eigenvalue weighted by Gasteiger charge is 2.12. The Morgan fingerprint density at radius 3 is 2.86 bits per heavy atom. The Morgan fingerprint density at radius 2 is 2.14 bits per heavy atom. The van der Waals surface area contributed by atoms with Crippen molar-refractivity contribution in [2.24, 2.45) is 7.05 Å². The Bertz CT molecular complexity index is 791. The van der Waals surface area contributed by atoms with Gasteiger partial charge in [-0.05, 0) is 18.2 Å². The number of halogens is 1. The number of aromatic nitrogens is 3. The van der Waals surface area contributed by atoms with Crippen LogP contribution in [0.4, 0.5) is 11.4 Å². The number of rotatable bonds is 3. The number of nitrogens with zero attached hydrogens (tertiary/aromatic N) is 4. The molecule has 6 heteroatoms. The molecule has 0 saturated carbocycles. The van der Waals surface area contributed by atoms with Crippen LogP contribution in [0, 0.1) is 0 Å². The molecule has 0 bridgehead atoms. The monoisotopic (exact) mass is 345 g/mol. The summed E-state index contributed by atoms with van der Waals surface area (Å²) in [5, 5.41) is 5.24. The molecule has 0 aliphatic heterocycles. The molecule has 2 aromatic heterocycles. The van der Waals surface area contributed by atoms with Crippen molar-refractivity contribution in [1.82, 2.24) is 14.8 Å². The lowest BCUT2D eigenvalue weighted by molar-refractivity contribution is 0.766. The fourth-order valence-corrected chi connectivity index (χ4v) is 2.86. The summed E-state index contributed by atoms with van der Waals surface area (Å²) in [6.45, 7) is 0.740. The molecule has 0 amide bonds. The smallest absolute Gasteiger partial charge is 0.0745 e. The van der Waals surface area contributed by atoms with Crippen molar-refractivity contribution in [3.8, 4) is 0 Å². The highest BCUT2D eigenvalue weighted by molar-refractivity contribution is 9.10. The summed E-state index contributed by atoms with van der Waals surface area (Å²) in [5.74, 6) is 0. The third kappa shape index (κ3) is 2.71. The van der Waals surface area contributed by atoms with Crippen LogP contribution in [0.25, 0.3) is 10.9 Å². The molecule has 0 fully saturated rings. The van der Waals surface area contributed by atoms with Gasteiger partial charge in [0.05, 0.1) is 29.3 Å². The summed E-state index contributed by atoms with van der Waals surface area (Å²) in [6, 6.07) is 6.02. The maximum absolute atomic E-state index is 6.16. The molecule has 5 nitrogen and oxygen atoms in total. The van der Waals surface area contributed by atoms with Gasteiger partial charge in [-0.25, -0.2) is 0 Å². The predicted molar refractivity (Wildman–Crippen MR) is 89.2 cm³/mol. The van der Waals surface area contributed by atoms with Gasteiger partial charge in [0.25, 0.3) is 0 Å². The minimum Gasteiger partial charge on any atom is -0.396 e. The molecule has 21 heavy (non-hydrogen) atoms. The first-order chi connectivity index (χ1) is 10.0. The largest absolute Gasteiger partial charge is 0.396 e. The number of hydrogen-bond acceptors (Lipinski definition) is 4. The molecule has 3 rings (SSSR count). The van der Waals surface area contributed by atoms with Crippen molar-refractivity contribution in [1.29, 1.82) is 0 Å². The second kappa shape index (κ2) is 5.37. The van der Waals surface area contributed by atoms with Crippen LogP contribution < -0.4 is 10.6 Å². The minimum atomic E-state index is 0.673. The predicted octanol–water partition coefficient (Wildman–Crippen LogP) is 2.95. The Balaban J connectivity index is 2.05. The number of anilines is 2. The highest BCUT2D eigenvalue weighted by Crippen LogP contribution is 2.33. The van der Waals surface area contributed by atoms with E-state index in [0.29, 0.717) is 5.69 Å². The van der Waals surface area contributed by atoms with E-state index in [4.69, 9.17) is 5.73 Å². The third-order valence-corrected chi connectivity index (χ3v) is 3.88. The minimum absolute atomic E-state index is 0.673. The number of hydrogen-bond donors (Lipinski definition) is 1. The van der Waals surface area contributed by atoms with E-state index >= 15 is 0 Å². The lowest BCUT2D eigenvalue weighted by Crippen LogP contribution is -2.18. The van der Waals surface area contributed by atoms with Gasteiger partial charge in [0.1, 0.15) is 0 Å². The summed E-state index contributed by atoms with van der Waals surface area (Å²) in [4.78, 5) is 6.51. The molecule has 0 aliphatic rings. The zero-order valence-corrected chi connectivity index (χ0v) is 13.5. The number of pyridine rings is 1. The molecule has 0 unspecified atom stereocenters. The zero-order chi connectivity index (χ0) is 15.0. The van der Waals surface area contributed by atoms with Crippen LogP contribution in [0.5, 0.6) is 0 Å². The van der Waals surface area contributed by atoms with Gasteiger partial charge in [0.15, 0.2) is 0 Å². The maximum Gasteiger partial charge on any atom is 0.0745 e. The van der Waals surface area contributed by atoms with Gasteiger partial charge in [-0.3, -0.25) is 9.67 Å². The Morgan fingerprint density at radius 1 is 1.33 bits per heavy atom. The number of nitrogens with two attached hydrogens (primary N) is 1. The zero-order valence-electron chi connectivity index (χ0n) is 11.9. The second-order valence-corrected chi connectivity index (χ2v) is 6.02. The van der Waals surface area contributed by atoms with Gasteiger partial charge < -0.3 is 10.6 Å². The molecule has 108 valence electrons. The van der Waals surface area contributed by atoms with Crippen LogP contribution in [0.3, 0.4) is 0 Å². The van der Waals surface area contributed by atoms with Crippen molar-refractivity contribution in [3.05, 3.63) is 46.8 Å². The highest BCUT2D eigenvalue weighted by atomic mass is 79.9. The van der Waals surface area contributed by atoms with Crippen molar-refractivity contribution in [2.75, 3.05) is 17.7 Å². The van der Waals surface area contributed by atoms with Crippen molar-refractivity contribution in [3.63, 3.8) is 0 Å². The summed E-state index contributed by atoms with van der Waals surface area (Å²) >= 11 is 3.51. The molecule has 1 aromatic carbocycles. The third-order valence-electron chi connectivity index (χ3n) is 3.39. The first-order valence-electron chi connectivity index (χ1n) is 6.57. The molecule has 0 atom stereocenters. The SMILES string of the molecule is CN(Cc1cnn(C)c1)c1c(N)cnc2ccc(Br)cc12. The number of nitrogen functional groups attached to an aromatic ring is 1. The van der Waals surface area contributed by atoms with E-state index in [-0.39, 0.29) is 0 Å². The first-order valence-corrected chi connectivity index (χ1v) is 7.36. The van der Waals surface area contributed by atoms with Crippen LogP contribution in [-0.4, -0.2) is 21.8 Å². The second-order valence-electron chi connectivity index (χ2n) is 5.10. The van der Waals surface area contributed by atoms with Gasteiger partial charge in [-0.2, -0.15) is 5.10 Å². The lowest BCUT2D eigenvalue weighted by atomic mass is 10.1. The van der Waals surface area contributed by atoms with E-state index in [1.807, 2.05) is 44.7 Å². The molecule has 2 heterocycles. The van der Waals surface area contributed by atoms with E-state index in [1.54, 1.807) is 10.9 Å². The molecule has 0 saturated heterocycles. The molecule has 0 aliphatic carbocycles. The Hall–Kier alpha value is -2.08. The number of fused-ring (bicyclic) bond motifs is 1. The summed E-state index contributed by atoms with van der Waals surface area (Å²) in [5.41, 5.74) is 9.89. The summed E-state index contributed by atoms with van der Waals surface area (Å²) in [6.07, 6.45) is 5.59.